The SMILES string of the molecule is CC1CN(C(=O)c2cn[nH]c2)CC(CBr)O1. The van der Waals surface area contributed by atoms with Crippen LogP contribution in [0.1, 0.15) is 17.3 Å². The Morgan fingerprint density at radius 2 is 2.56 bits per heavy atom. The number of rotatable bonds is 2. The number of aromatic amines is 1. The van der Waals surface area contributed by atoms with Crippen LogP contribution in [0.25, 0.3) is 0 Å². The molecule has 16 heavy (non-hydrogen) atoms. The summed E-state index contributed by atoms with van der Waals surface area (Å²) in [5.74, 6) is 0.00912. The van der Waals surface area contributed by atoms with Crippen molar-refractivity contribution < 1.29 is 9.53 Å². The van der Waals surface area contributed by atoms with Crippen LogP contribution in [0.4, 0.5) is 0 Å². The second-order valence-electron chi connectivity index (χ2n) is 3.92. The first-order valence-corrected chi connectivity index (χ1v) is 6.32. The maximum absolute atomic E-state index is 12.1. The normalized spacial score (nSPS) is 25.8. The summed E-state index contributed by atoms with van der Waals surface area (Å²) in [6, 6.07) is 0. The van der Waals surface area contributed by atoms with E-state index in [0.29, 0.717) is 18.7 Å². The number of nitrogens with one attached hydrogen (secondary N) is 1. The Morgan fingerprint density at radius 3 is 3.19 bits per heavy atom. The van der Waals surface area contributed by atoms with Gasteiger partial charge in [0.15, 0.2) is 0 Å². The molecule has 1 aromatic heterocycles. The van der Waals surface area contributed by atoms with Crippen molar-refractivity contribution in [2.45, 2.75) is 19.1 Å². The number of amides is 1. The zero-order chi connectivity index (χ0) is 11.5. The Hall–Kier alpha value is -0.880. The lowest BCUT2D eigenvalue weighted by Gasteiger charge is -2.35. The Morgan fingerprint density at radius 1 is 1.75 bits per heavy atom. The minimum atomic E-state index is 0.00912. The van der Waals surface area contributed by atoms with Gasteiger partial charge in [0.2, 0.25) is 0 Å². The predicted octanol–water partition coefficient (Wildman–Crippen LogP) is 1.03. The molecule has 1 aromatic rings. The van der Waals surface area contributed by atoms with E-state index >= 15 is 0 Å². The number of nitrogens with zero attached hydrogens (tertiary/aromatic N) is 2. The fraction of sp³-hybridized carbons (Fsp3) is 0.600. The lowest BCUT2D eigenvalue weighted by Crippen LogP contribution is -2.49. The van der Waals surface area contributed by atoms with E-state index < -0.39 is 0 Å². The third-order valence-corrected chi connectivity index (χ3v) is 3.25. The Labute approximate surface area is 102 Å². The number of hydrogen-bond acceptors (Lipinski definition) is 3. The zero-order valence-corrected chi connectivity index (χ0v) is 10.6. The van der Waals surface area contributed by atoms with Crippen molar-refractivity contribution in [3.8, 4) is 0 Å². The molecule has 1 aliphatic heterocycles. The molecule has 0 bridgehead atoms. The van der Waals surface area contributed by atoms with Gasteiger partial charge in [0, 0.05) is 24.6 Å². The number of halogens is 1. The minimum absolute atomic E-state index is 0.00912. The van der Waals surface area contributed by atoms with E-state index in [9.17, 15) is 4.79 Å². The molecule has 0 radical (unpaired) electrons. The number of hydrogen-bond donors (Lipinski definition) is 1. The molecular formula is C10H14BrN3O2. The van der Waals surface area contributed by atoms with Gasteiger partial charge in [-0.2, -0.15) is 5.10 Å². The number of alkyl halides is 1. The van der Waals surface area contributed by atoms with E-state index in [1.807, 2.05) is 11.8 Å². The summed E-state index contributed by atoms with van der Waals surface area (Å²) in [6.45, 7) is 3.23. The number of H-pyrrole nitrogens is 1. The topological polar surface area (TPSA) is 58.2 Å². The van der Waals surface area contributed by atoms with Crippen LogP contribution in [0.2, 0.25) is 0 Å². The van der Waals surface area contributed by atoms with Gasteiger partial charge < -0.3 is 9.64 Å². The maximum atomic E-state index is 12.1. The smallest absolute Gasteiger partial charge is 0.257 e. The molecular weight excluding hydrogens is 274 g/mol. The molecule has 5 nitrogen and oxygen atoms in total. The summed E-state index contributed by atoms with van der Waals surface area (Å²) in [4.78, 5) is 13.9. The Bertz CT molecular complexity index is 355. The quantitative estimate of drug-likeness (QED) is 0.827. The highest BCUT2D eigenvalue weighted by molar-refractivity contribution is 9.09. The first-order chi connectivity index (χ1) is 7.70. The van der Waals surface area contributed by atoms with Gasteiger partial charge in [-0.3, -0.25) is 9.89 Å². The van der Waals surface area contributed by atoms with E-state index in [4.69, 9.17) is 4.74 Å². The highest BCUT2D eigenvalue weighted by Gasteiger charge is 2.28. The van der Waals surface area contributed by atoms with Crippen LogP contribution in [0.3, 0.4) is 0 Å². The molecule has 88 valence electrons. The summed E-state index contributed by atoms with van der Waals surface area (Å²) >= 11 is 3.38. The van der Waals surface area contributed by atoms with Gasteiger partial charge in [0.05, 0.1) is 24.0 Å². The molecule has 0 spiro atoms. The average Bonchev–Trinajstić information content (AvgIpc) is 2.80. The van der Waals surface area contributed by atoms with E-state index in [1.54, 1.807) is 12.4 Å². The van der Waals surface area contributed by atoms with Crippen LogP contribution in [0.5, 0.6) is 0 Å². The van der Waals surface area contributed by atoms with Crippen LogP contribution >= 0.6 is 15.9 Å². The fourth-order valence-electron chi connectivity index (χ4n) is 1.85. The molecule has 2 rings (SSSR count). The first kappa shape index (κ1) is 11.6. The maximum Gasteiger partial charge on any atom is 0.257 e. The van der Waals surface area contributed by atoms with Gasteiger partial charge in [-0.15, -0.1) is 0 Å². The minimum Gasteiger partial charge on any atom is -0.371 e. The van der Waals surface area contributed by atoms with Crippen LogP contribution < -0.4 is 0 Å². The lowest BCUT2D eigenvalue weighted by molar-refractivity contribution is -0.0559. The van der Waals surface area contributed by atoms with Gasteiger partial charge in [0.25, 0.3) is 5.91 Å². The summed E-state index contributed by atoms with van der Waals surface area (Å²) in [6.07, 6.45) is 3.31. The number of carbonyl (C=O) groups is 1. The highest BCUT2D eigenvalue weighted by atomic mass is 79.9. The molecule has 0 saturated carbocycles. The number of morpholine rings is 1. The van der Waals surface area contributed by atoms with E-state index in [1.165, 1.54) is 0 Å². The third-order valence-electron chi connectivity index (χ3n) is 2.53. The largest absolute Gasteiger partial charge is 0.371 e. The van der Waals surface area contributed by atoms with Crippen molar-refractivity contribution in [2.75, 3.05) is 18.4 Å². The molecule has 1 saturated heterocycles. The monoisotopic (exact) mass is 287 g/mol. The van der Waals surface area contributed by atoms with Crippen LogP contribution in [0, 0.1) is 0 Å². The Balaban J connectivity index is 2.06. The summed E-state index contributed by atoms with van der Waals surface area (Å²) < 4.78 is 5.67. The van der Waals surface area contributed by atoms with E-state index in [2.05, 4.69) is 26.1 Å². The van der Waals surface area contributed by atoms with Gasteiger partial charge in [0.1, 0.15) is 0 Å². The van der Waals surface area contributed by atoms with Gasteiger partial charge in [-0.05, 0) is 6.92 Å². The second-order valence-corrected chi connectivity index (χ2v) is 4.57. The molecule has 2 atom stereocenters. The Kier molecular flexibility index (Phi) is 3.60. The average molecular weight is 288 g/mol. The summed E-state index contributed by atoms with van der Waals surface area (Å²) in [7, 11) is 0. The molecule has 0 aliphatic carbocycles. The highest BCUT2D eigenvalue weighted by Crippen LogP contribution is 2.15. The molecule has 2 unspecified atom stereocenters. The molecule has 1 fully saturated rings. The summed E-state index contributed by atoms with van der Waals surface area (Å²) in [5, 5.41) is 7.17. The van der Waals surface area contributed by atoms with Crippen molar-refractivity contribution in [1.82, 2.24) is 15.1 Å². The fourth-order valence-corrected chi connectivity index (χ4v) is 2.20. The van der Waals surface area contributed by atoms with Crippen LogP contribution in [0.15, 0.2) is 12.4 Å². The van der Waals surface area contributed by atoms with Crippen molar-refractivity contribution in [3.05, 3.63) is 18.0 Å². The number of aromatic nitrogens is 2. The van der Waals surface area contributed by atoms with Gasteiger partial charge in [-0.1, -0.05) is 15.9 Å². The van der Waals surface area contributed by atoms with E-state index in [0.717, 1.165) is 5.33 Å². The molecule has 1 N–H and O–H groups in total. The van der Waals surface area contributed by atoms with Crippen molar-refractivity contribution >= 4 is 21.8 Å². The molecule has 2 heterocycles. The zero-order valence-electron chi connectivity index (χ0n) is 9.02. The second kappa shape index (κ2) is 4.97. The lowest BCUT2D eigenvalue weighted by atomic mass is 10.2. The number of carbonyl (C=O) groups excluding carboxylic acids is 1. The standard InChI is InChI=1S/C10H14BrN3O2/c1-7-5-14(6-9(2-11)16-7)10(15)8-3-12-13-4-8/h3-4,7,9H,2,5-6H2,1H3,(H,12,13). The van der Waals surface area contributed by atoms with Crippen molar-refractivity contribution in [2.24, 2.45) is 0 Å². The molecule has 0 aromatic carbocycles. The molecule has 1 aliphatic rings. The third kappa shape index (κ3) is 2.44. The van der Waals surface area contributed by atoms with Crippen LogP contribution in [-0.2, 0) is 4.74 Å². The first-order valence-electron chi connectivity index (χ1n) is 5.20. The van der Waals surface area contributed by atoms with E-state index in [-0.39, 0.29) is 18.1 Å². The van der Waals surface area contributed by atoms with Gasteiger partial charge >= 0.3 is 0 Å². The molecule has 1 amide bonds. The number of ether oxygens (including phenoxy) is 1. The van der Waals surface area contributed by atoms with Crippen molar-refractivity contribution in [1.29, 1.82) is 0 Å². The van der Waals surface area contributed by atoms with Crippen molar-refractivity contribution in [3.63, 3.8) is 0 Å². The molecule has 6 heteroatoms. The van der Waals surface area contributed by atoms with Crippen LogP contribution in [-0.4, -0.2) is 51.6 Å². The van der Waals surface area contributed by atoms with Gasteiger partial charge in [-0.25, -0.2) is 0 Å². The summed E-state index contributed by atoms with van der Waals surface area (Å²) in [5.41, 5.74) is 0.599. The predicted molar refractivity (Wildman–Crippen MR) is 62.6 cm³/mol.